The minimum Gasteiger partial charge on any atom is -0.486 e. The maximum absolute atomic E-state index is 12.9. The van der Waals surface area contributed by atoms with Gasteiger partial charge in [-0.05, 0) is 30.5 Å². The standard InChI is InChI=1S/C18H24N2O5/c1-19-17(22)18(12-23-2)6-3-7-20(18)16(21)11-13-4-5-14-15(10-13)25-9-8-24-14/h4-5,10H,3,6-9,11-12H2,1-2H3,(H,19,22). The molecule has 25 heavy (non-hydrogen) atoms. The van der Waals surface area contributed by atoms with Crippen molar-refractivity contribution < 1.29 is 23.8 Å². The molecular formula is C18H24N2O5. The molecule has 2 heterocycles. The van der Waals surface area contributed by atoms with E-state index in [2.05, 4.69) is 5.32 Å². The summed E-state index contributed by atoms with van der Waals surface area (Å²) in [5.74, 6) is 1.09. The zero-order valence-corrected chi connectivity index (χ0v) is 14.7. The Morgan fingerprint density at radius 1 is 1.28 bits per heavy atom. The number of nitrogens with one attached hydrogen (secondary N) is 1. The topological polar surface area (TPSA) is 77.1 Å². The number of carbonyl (C=O) groups is 2. The molecule has 1 N–H and O–H groups in total. The number of hydrogen-bond donors (Lipinski definition) is 1. The van der Waals surface area contributed by atoms with E-state index in [-0.39, 0.29) is 24.8 Å². The largest absolute Gasteiger partial charge is 0.486 e. The van der Waals surface area contributed by atoms with E-state index in [9.17, 15) is 9.59 Å². The molecule has 1 unspecified atom stereocenters. The van der Waals surface area contributed by atoms with Gasteiger partial charge in [0.2, 0.25) is 11.8 Å². The number of likely N-dealkylation sites (N-methyl/N-ethyl adjacent to an activating group) is 1. The molecule has 1 atom stereocenters. The fraction of sp³-hybridized carbons (Fsp3) is 0.556. The summed E-state index contributed by atoms with van der Waals surface area (Å²) in [6.07, 6.45) is 1.59. The molecule has 0 saturated carbocycles. The molecule has 1 saturated heterocycles. The molecule has 2 amide bonds. The van der Waals surface area contributed by atoms with E-state index in [1.54, 1.807) is 19.1 Å². The molecule has 0 radical (unpaired) electrons. The van der Waals surface area contributed by atoms with Crippen molar-refractivity contribution in [3.8, 4) is 11.5 Å². The number of amides is 2. The third kappa shape index (κ3) is 3.28. The number of nitrogens with zero attached hydrogens (tertiary/aromatic N) is 1. The van der Waals surface area contributed by atoms with E-state index in [0.717, 1.165) is 12.0 Å². The summed E-state index contributed by atoms with van der Waals surface area (Å²) >= 11 is 0. The van der Waals surface area contributed by atoms with Crippen molar-refractivity contribution in [3.05, 3.63) is 23.8 Å². The second-order valence-electron chi connectivity index (χ2n) is 6.35. The van der Waals surface area contributed by atoms with Crippen LogP contribution in [0.5, 0.6) is 11.5 Å². The van der Waals surface area contributed by atoms with E-state index in [1.165, 1.54) is 0 Å². The second kappa shape index (κ2) is 7.31. The summed E-state index contributed by atoms with van der Waals surface area (Å²) in [6.45, 7) is 1.79. The monoisotopic (exact) mass is 348 g/mol. The van der Waals surface area contributed by atoms with Crippen LogP contribution in [0.1, 0.15) is 18.4 Å². The number of ether oxygens (including phenoxy) is 3. The average Bonchev–Trinajstić information content (AvgIpc) is 3.06. The van der Waals surface area contributed by atoms with Crippen molar-refractivity contribution in [1.82, 2.24) is 10.2 Å². The van der Waals surface area contributed by atoms with Gasteiger partial charge in [0.15, 0.2) is 11.5 Å². The van der Waals surface area contributed by atoms with Gasteiger partial charge in [-0.3, -0.25) is 9.59 Å². The number of likely N-dealkylation sites (tertiary alicyclic amines) is 1. The van der Waals surface area contributed by atoms with Gasteiger partial charge in [-0.25, -0.2) is 0 Å². The normalized spacial score (nSPS) is 21.9. The summed E-state index contributed by atoms with van der Waals surface area (Å²) in [6, 6.07) is 5.52. The van der Waals surface area contributed by atoms with Gasteiger partial charge in [0, 0.05) is 20.7 Å². The van der Waals surface area contributed by atoms with Crippen molar-refractivity contribution in [3.63, 3.8) is 0 Å². The molecule has 2 aliphatic heterocycles. The Labute approximate surface area is 147 Å². The van der Waals surface area contributed by atoms with Gasteiger partial charge < -0.3 is 24.4 Å². The number of methoxy groups -OCH3 is 1. The third-order valence-corrected chi connectivity index (χ3v) is 4.78. The van der Waals surface area contributed by atoms with Gasteiger partial charge in [0.05, 0.1) is 13.0 Å². The SMILES string of the molecule is CNC(=O)C1(COC)CCCN1C(=O)Cc1ccc2c(c1)OCCO2. The number of hydrogen-bond acceptors (Lipinski definition) is 5. The molecule has 7 nitrogen and oxygen atoms in total. The Balaban J connectivity index is 1.78. The summed E-state index contributed by atoms with van der Waals surface area (Å²) in [4.78, 5) is 27.0. The molecule has 7 heteroatoms. The predicted octanol–water partition coefficient (Wildman–Crippen LogP) is 0.754. The van der Waals surface area contributed by atoms with Crippen molar-refractivity contribution >= 4 is 11.8 Å². The van der Waals surface area contributed by atoms with Crippen LogP contribution in [-0.4, -0.2) is 62.8 Å². The van der Waals surface area contributed by atoms with E-state index < -0.39 is 5.54 Å². The zero-order valence-electron chi connectivity index (χ0n) is 14.7. The highest BCUT2D eigenvalue weighted by atomic mass is 16.6. The average molecular weight is 348 g/mol. The van der Waals surface area contributed by atoms with Gasteiger partial charge in [0.1, 0.15) is 18.8 Å². The Bertz CT molecular complexity index is 663. The Kier molecular flexibility index (Phi) is 5.13. The first-order chi connectivity index (χ1) is 12.1. The van der Waals surface area contributed by atoms with Crippen LogP contribution in [0, 0.1) is 0 Å². The first-order valence-corrected chi connectivity index (χ1v) is 8.51. The molecule has 0 aliphatic carbocycles. The Morgan fingerprint density at radius 3 is 2.76 bits per heavy atom. The maximum atomic E-state index is 12.9. The first kappa shape index (κ1) is 17.5. The van der Waals surface area contributed by atoms with Crippen LogP contribution in [0.25, 0.3) is 0 Å². The minimum atomic E-state index is -0.922. The predicted molar refractivity (Wildman–Crippen MR) is 90.8 cm³/mol. The highest BCUT2D eigenvalue weighted by Gasteiger charge is 2.49. The van der Waals surface area contributed by atoms with Gasteiger partial charge >= 0.3 is 0 Å². The van der Waals surface area contributed by atoms with Crippen LogP contribution >= 0.6 is 0 Å². The van der Waals surface area contributed by atoms with Gasteiger partial charge in [0.25, 0.3) is 0 Å². The summed E-state index contributed by atoms with van der Waals surface area (Å²) in [7, 11) is 3.13. The van der Waals surface area contributed by atoms with Crippen molar-refractivity contribution in [2.24, 2.45) is 0 Å². The highest BCUT2D eigenvalue weighted by Crippen LogP contribution is 2.33. The summed E-state index contributed by atoms with van der Waals surface area (Å²) in [5.41, 5.74) is -0.0848. The van der Waals surface area contributed by atoms with Gasteiger partial charge in [-0.2, -0.15) is 0 Å². The van der Waals surface area contributed by atoms with E-state index in [0.29, 0.717) is 37.7 Å². The third-order valence-electron chi connectivity index (χ3n) is 4.78. The number of benzene rings is 1. The maximum Gasteiger partial charge on any atom is 0.248 e. The minimum absolute atomic E-state index is 0.0881. The van der Waals surface area contributed by atoms with E-state index >= 15 is 0 Å². The fourth-order valence-electron chi connectivity index (χ4n) is 3.63. The van der Waals surface area contributed by atoms with Gasteiger partial charge in [-0.1, -0.05) is 6.07 Å². The van der Waals surface area contributed by atoms with Crippen LogP contribution in [0.15, 0.2) is 18.2 Å². The van der Waals surface area contributed by atoms with Crippen LogP contribution in [-0.2, 0) is 20.7 Å². The molecule has 0 spiro atoms. The highest BCUT2D eigenvalue weighted by molar-refractivity contribution is 5.92. The van der Waals surface area contributed by atoms with Crippen molar-refractivity contribution in [2.75, 3.05) is 40.5 Å². The van der Waals surface area contributed by atoms with Crippen LogP contribution in [0.2, 0.25) is 0 Å². The lowest BCUT2D eigenvalue weighted by Crippen LogP contribution is -2.59. The smallest absolute Gasteiger partial charge is 0.248 e. The molecule has 0 aromatic heterocycles. The molecule has 1 aromatic rings. The molecule has 0 bridgehead atoms. The van der Waals surface area contributed by atoms with E-state index in [1.807, 2.05) is 18.2 Å². The molecule has 136 valence electrons. The number of rotatable bonds is 5. The number of fused-ring (bicyclic) bond motifs is 1. The summed E-state index contributed by atoms with van der Waals surface area (Å²) in [5, 5.41) is 2.67. The van der Waals surface area contributed by atoms with Crippen molar-refractivity contribution in [2.45, 2.75) is 24.8 Å². The molecular weight excluding hydrogens is 324 g/mol. The lowest BCUT2D eigenvalue weighted by molar-refractivity contribution is -0.147. The lowest BCUT2D eigenvalue weighted by atomic mass is 9.95. The van der Waals surface area contributed by atoms with Crippen molar-refractivity contribution in [1.29, 1.82) is 0 Å². The fourth-order valence-corrected chi connectivity index (χ4v) is 3.63. The quantitative estimate of drug-likeness (QED) is 0.850. The first-order valence-electron chi connectivity index (χ1n) is 8.51. The Hall–Kier alpha value is -2.28. The van der Waals surface area contributed by atoms with Gasteiger partial charge in [-0.15, -0.1) is 0 Å². The molecule has 1 fully saturated rings. The van der Waals surface area contributed by atoms with E-state index in [4.69, 9.17) is 14.2 Å². The second-order valence-corrected chi connectivity index (χ2v) is 6.35. The Morgan fingerprint density at radius 2 is 2.04 bits per heavy atom. The number of carbonyl (C=O) groups excluding carboxylic acids is 2. The lowest BCUT2D eigenvalue weighted by Gasteiger charge is -2.36. The van der Waals surface area contributed by atoms with Crippen LogP contribution in [0.4, 0.5) is 0 Å². The zero-order chi connectivity index (χ0) is 17.9. The van der Waals surface area contributed by atoms with Crippen LogP contribution < -0.4 is 14.8 Å². The molecule has 3 rings (SSSR count). The van der Waals surface area contributed by atoms with Crippen LogP contribution in [0.3, 0.4) is 0 Å². The molecule has 1 aromatic carbocycles. The molecule has 2 aliphatic rings. The summed E-state index contributed by atoms with van der Waals surface area (Å²) < 4.78 is 16.3.